The first-order chi connectivity index (χ1) is 41.9. The van der Waals surface area contributed by atoms with E-state index in [-0.39, 0.29) is 11.4 Å². The minimum atomic E-state index is -0.869. The van der Waals surface area contributed by atoms with E-state index in [1.165, 1.54) is 0 Å². The molecule has 0 unspecified atom stereocenters. The third-order valence-corrected chi connectivity index (χ3v) is 11.4. The number of fused-ring (bicyclic) bond motifs is 6. The smallest absolute Gasteiger partial charge is 0.240 e. The lowest BCUT2D eigenvalue weighted by Crippen LogP contribution is -2.16. The predicted octanol–water partition coefficient (Wildman–Crippen LogP) is 15.4. The van der Waals surface area contributed by atoms with Crippen molar-refractivity contribution in [2.24, 2.45) is 0 Å². The molecule has 65 heavy (non-hydrogen) atoms. The first-order valence-corrected chi connectivity index (χ1v) is 20.2. The Morgan fingerprint density at radius 1 is 0.446 bits per heavy atom. The van der Waals surface area contributed by atoms with Crippen molar-refractivity contribution in [3.8, 4) is 61.8 Å². The van der Waals surface area contributed by atoms with E-state index in [0.29, 0.717) is 5.56 Å². The summed E-state index contributed by atoms with van der Waals surface area (Å²) in [7, 11) is 0. The molecule has 0 fully saturated rings. The molecule has 0 N–H and O–H groups in total. The van der Waals surface area contributed by atoms with Crippen LogP contribution in [0.4, 0.5) is 17.3 Å². The van der Waals surface area contributed by atoms with Crippen LogP contribution in [0.5, 0.6) is 0 Å². The molecule has 2 heterocycles. The first-order valence-electron chi connectivity index (χ1n) is 32.2. The third-order valence-electron chi connectivity index (χ3n) is 11.4. The van der Waals surface area contributed by atoms with Crippen molar-refractivity contribution in [1.82, 2.24) is 19.5 Å². The second kappa shape index (κ2) is 15.4. The third kappa shape index (κ3) is 6.59. The molecule has 9 aromatic carbocycles. The first kappa shape index (κ1) is 20.8. The van der Waals surface area contributed by atoms with Gasteiger partial charge in [0, 0.05) is 33.1 Å². The van der Waals surface area contributed by atoms with Gasteiger partial charge in [-0.3, -0.25) is 9.47 Å². The van der Waals surface area contributed by atoms with Crippen LogP contribution in [0.2, 0.25) is 0 Å². The van der Waals surface area contributed by atoms with E-state index in [1.54, 1.807) is 18.2 Å². The largest absolute Gasteiger partial charge is 0.279 e. The zero-order valence-corrected chi connectivity index (χ0v) is 34.2. The van der Waals surface area contributed by atoms with E-state index in [0.717, 1.165) is 49.4 Å². The molecule has 12 rings (SSSR count). The molecule has 11 aromatic rings. The van der Waals surface area contributed by atoms with Crippen molar-refractivity contribution < 1.29 is 32.9 Å². The van der Waals surface area contributed by atoms with Crippen molar-refractivity contribution in [2.75, 3.05) is 4.90 Å². The maximum absolute atomic E-state index is 10.0. The second-order valence-electron chi connectivity index (χ2n) is 15.5. The Bertz CT molecular complexity index is 4970. The van der Waals surface area contributed by atoms with Gasteiger partial charge >= 0.3 is 0 Å². The average molecular weight is 858 g/mol. The summed E-state index contributed by atoms with van der Waals surface area (Å²) >= 11 is 0. The SMILES string of the molecule is [2H]c1cc(N(c2nc(-c3cccc(-c4ccc5c(c4)C(C)(C)c4ccccc4-5)c3)nc(-n3c4c([2H])c([2H])c([2H])c([2H])c4c4c([2H])c([2H])c(-c5c([2H])c([2H])c([2H])c([2H])c5[2H])c([2H])c43)n2)c2cc([2H])c([2H])c(-c3c([2H])c([2H])c([2H])c([2H])c3[2H])c2[2H])c([2H])c([2H])c1[2H]. The highest BCUT2D eigenvalue weighted by Gasteiger charge is 2.35. The second-order valence-corrected chi connectivity index (χ2v) is 15.5. The van der Waals surface area contributed by atoms with Crippen molar-refractivity contribution in [2.45, 2.75) is 19.3 Å². The van der Waals surface area contributed by atoms with E-state index in [9.17, 15) is 11.0 Å². The topological polar surface area (TPSA) is 46.8 Å². The zero-order valence-electron chi connectivity index (χ0n) is 58.2. The average Bonchev–Trinajstić information content (AvgIpc) is 1.61. The lowest BCUT2D eigenvalue weighted by Gasteiger charge is -2.24. The van der Waals surface area contributed by atoms with Gasteiger partial charge in [-0.15, -0.1) is 0 Å². The molecule has 5 heteroatoms. The number of hydrogen-bond acceptors (Lipinski definition) is 4. The van der Waals surface area contributed by atoms with Crippen LogP contribution < -0.4 is 4.90 Å². The molecular formula is C60H43N5. The number of nitrogens with zero attached hydrogens (tertiary/aromatic N) is 5. The van der Waals surface area contributed by atoms with Gasteiger partial charge in [-0.2, -0.15) is 15.0 Å². The Labute approximate surface area is 412 Å². The molecule has 5 nitrogen and oxygen atoms in total. The Hall–Kier alpha value is -8.41. The molecule has 0 radical (unpaired) electrons. The molecule has 308 valence electrons. The Morgan fingerprint density at radius 3 is 1.95 bits per heavy atom. The normalized spacial score (nSPS) is 17.8. The van der Waals surface area contributed by atoms with Crippen LogP contribution in [-0.2, 0) is 5.41 Å². The van der Waals surface area contributed by atoms with Crippen molar-refractivity contribution in [3.05, 3.63) is 235 Å². The highest BCUT2D eigenvalue weighted by atomic mass is 15.3. The Balaban J connectivity index is 1.25. The van der Waals surface area contributed by atoms with Gasteiger partial charge < -0.3 is 0 Å². The molecule has 1 aliphatic carbocycles. The molecule has 0 aliphatic heterocycles. The Morgan fingerprint density at radius 2 is 1.11 bits per heavy atom. The van der Waals surface area contributed by atoms with E-state index in [2.05, 4.69) is 26.0 Å². The molecule has 2 aromatic heterocycles. The highest BCUT2D eigenvalue weighted by Crippen LogP contribution is 2.49. The standard InChI is InChI=1S/C60H43N5/c1-60(2)53-30-14-12-28-49(53)50-34-32-44(38-54(50)60)42-22-16-24-46(36-42)57-61-58(64(47-25-10-5-11-26-47)48-27-17-23-43(37-48)40-18-6-3-7-19-40)63-59(62-57)65-55-31-15-13-29-51(55)52-35-33-45(39-56(52)65)41-20-8-4-9-21-41/h3-39H,1-2H3/i3D,4D,5D,6D,7D,8D,9D,10D,11D,13D,15D,17D,18D,19D,20D,21D,23D,25D,29D,31D,33D,35D,37D,39D. The summed E-state index contributed by atoms with van der Waals surface area (Å²) < 4.78 is 217. The monoisotopic (exact) mass is 858 g/mol. The van der Waals surface area contributed by atoms with E-state index >= 15 is 0 Å². The van der Waals surface area contributed by atoms with E-state index in [1.807, 2.05) is 36.4 Å². The van der Waals surface area contributed by atoms with Gasteiger partial charge in [-0.05, 0) is 104 Å². The van der Waals surface area contributed by atoms with E-state index in [4.69, 9.17) is 36.9 Å². The summed E-state index contributed by atoms with van der Waals surface area (Å²) in [6.45, 7) is 4.22. The summed E-state index contributed by atoms with van der Waals surface area (Å²) in [4.78, 5) is 15.6. The van der Waals surface area contributed by atoms with Crippen LogP contribution >= 0.6 is 0 Å². The fourth-order valence-corrected chi connectivity index (χ4v) is 8.35. The van der Waals surface area contributed by atoms with Crippen LogP contribution in [0.15, 0.2) is 224 Å². The number of aromatic nitrogens is 4. The number of anilines is 3. The van der Waals surface area contributed by atoms with Gasteiger partial charge in [-0.25, -0.2) is 0 Å². The molecule has 0 bridgehead atoms. The number of hydrogen-bond donors (Lipinski definition) is 0. The minimum Gasteiger partial charge on any atom is -0.279 e. The quantitative estimate of drug-likeness (QED) is 0.153. The van der Waals surface area contributed by atoms with Crippen LogP contribution in [0, 0.1) is 0 Å². The molecule has 0 atom stereocenters. The number of para-hydroxylation sites is 2. The van der Waals surface area contributed by atoms with Crippen molar-refractivity contribution in [3.63, 3.8) is 0 Å². The van der Waals surface area contributed by atoms with Crippen LogP contribution in [-0.4, -0.2) is 19.5 Å². The summed E-state index contributed by atoms with van der Waals surface area (Å²) in [6, 6.07) is 2.96. The Kier molecular flexibility index (Phi) is 4.95. The highest BCUT2D eigenvalue weighted by molar-refractivity contribution is 6.10. The molecule has 0 spiro atoms. The fraction of sp³-hybridized carbons (Fsp3) is 0.0500. The number of rotatable bonds is 8. The summed E-state index contributed by atoms with van der Waals surface area (Å²) in [5.74, 6) is -1.74. The van der Waals surface area contributed by atoms with Crippen LogP contribution in [0.3, 0.4) is 0 Å². The molecule has 0 saturated heterocycles. The van der Waals surface area contributed by atoms with Gasteiger partial charge in [0.25, 0.3) is 0 Å². The number of benzene rings is 9. The van der Waals surface area contributed by atoms with Crippen LogP contribution in [0.1, 0.15) is 57.9 Å². The van der Waals surface area contributed by atoms with Crippen LogP contribution in [0.25, 0.3) is 83.6 Å². The van der Waals surface area contributed by atoms with Gasteiger partial charge in [-0.1, -0.05) is 189 Å². The van der Waals surface area contributed by atoms with Crippen molar-refractivity contribution >= 4 is 39.1 Å². The molecular weight excluding hydrogens is 791 g/mol. The zero-order chi connectivity index (χ0) is 64.4. The van der Waals surface area contributed by atoms with E-state index < -0.39 is 218 Å². The fourth-order valence-electron chi connectivity index (χ4n) is 8.35. The summed E-state index contributed by atoms with van der Waals surface area (Å²) in [6.07, 6.45) is 0. The minimum absolute atomic E-state index is 0.169. The lowest BCUT2D eigenvalue weighted by atomic mass is 9.81. The van der Waals surface area contributed by atoms with Gasteiger partial charge in [0.15, 0.2) is 5.82 Å². The van der Waals surface area contributed by atoms with Gasteiger partial charge in [0.2, 0.25) is 11.9 Å². The molecule has 0 saturated carbocycles. The molecule has 1 aliphatic rings. The van der Waals surface area contributed by atoms with Gasteiger partial charge in [0.1, 0.15) is 0 Å². The van der Waals surface area contributed by atoms with Crippen molar-refractivity contribution in [1.29, 1.82) is 0 Å². The summed E-state index contributed by atoms with van der Waals surface area (Å²) in [5.41, 5.74) is 0.338. The lowest BCUT2D eigenvalue weighted by molar-refractivity contribution is 0.660. The summed E-state index contributed by atoms with van der Waals surface area (Å²) in [5, 5.41) is -0.922. The maximum atomic E-state index is 10.0. The maximum Gasteiger partial charge on any atom is 0.240 e. The van der Waals surface area contributed by atoms with Gasteiger partial charge in [0.05, 0.1) is 43.9 Å². The molecule has 0 amide bonds. The predicted molar refractivity (Wildman–Crippen MR) is 268 cm³/mol.